The molecule has 4 N–H and O–H groups in total. The summed E-state index contributed by atoms with van der Waals surface area (Å²) in [4.78, 5) is 45.2. The molecule has 2 fully saturated rings. The molecular weight excluding hydrogens is 654 g/mol. The van der Waals surface area contributed by atoms with E-state index in [0.717, 1.165) is 56.7 Å². The number of methoxy groups -OCH3 is 1. The molecule has 1 aliphatic heterocycles. The van der Waals surface area contributed by atoms with Gasteiger partial charge in [0.2, 0.25) is 5.91 Å². The second kappa shape index (κ2) is 15.5. The molecule has 2 amide bonds. The number of imidazole rings is 1. The first-order chi connectivity index (χ1) is 25.2. The lowest BCUT2D eigenvalue weighted by Gasteiger charge is -2.35. The molecular formula is C40H47N9O3. The number of hydrogen-bond acceptors (Lipinski definition) is 9. The molecule has 7 rings (SSSR count). The maximum Gasteiger partial charge on any atom is 0.255 e. The number of amides is 2. The lowest BCUT2D eigenvalue weighted by Crippen LogP contribution is -2.41. The van der Waals surface area contributed by atoms with Crippen molar-refractivity contribution in [1.29, 1.82) is 0 Å². The SMILES string of the molecule is COc1cccc(NC(=O)C2CCC(n3cnc4c(N)nc(-c5cccc(C(=O)Nc6ccc(CN7CCC(N(C)C)CC7)cc6)c5)nc43)CC2)c1. The molecule has 52 heavy (non-hydrogen) atoms. The van der Waals surface area contributed by atoms with E-state index in [9.17, 15) is 9.59 Å². The summed E-state index contributed by atoms with van der Waals surface area (Å²) in [6, 6.07) is 23.5. The fourth-order valence-corrected chi connectivity index (χ4v) is 7.44. The summed E-state index contributed by atoms with van der Waals surface area (Å²) >= 11 is 0. The molecule has 0 radical (unpaired) electrons. The second-order valence-electron chi connectivity index (χ2n) is 14.2. The number of carbonyl (C=O) groups is 2. The van der Waals surface area contributed by atoms with Crippen molar-refractivity contribution in [2.75, 3.05) is 50.7 Å². The van der Waals surface area contributed by atoms with Gasteiger partial charge < -0.3 is 30.6 Å². The number of nitrogens with two attached hydrogens (primary N) is 1. The summed E-state index contributed by atoms with van der Waals surface area (Å²) in [5, 5.41) is 6.07. The first-order valence-electron chi connectivity index (χ1n) is 18.1. The number of carbonyl (C=O) groups excluding carboxylic acids is 2. The Morgan fingerprint density at radius 2 is 1.63 bits per heavy atom. The minimum Gasteiger partial charge on any atom is -0.497 e. The van der Waals surface area contributed by atoms with E-state index in [4.69, 9.17) is 15.5 Å². The number of ether oxygens (including phenoxy) is 1. The highest BCUT2D eigenvalue weighted by atomic mass is 16.5. The smallest absolute Gasteiger partial charge is 0.255 e. The van der Waals surface area contributed by atoms with Crippen LogP contribution in [0.2, 0.25) is 0 Å². The molecule has 12 nitrogen and oxygen atoms in total. The molecule has 0 bridgehead atoms. The number of fused-ring (bicyclic) bond motifs is 1. The van der Waals surface area contributed by atoms with Crippen molar-refractivity contribution in [3.05, 3.63) is 90.3 Å². The Kier molecular flexibility index (Phi) is 10.5. The highest BCUT2D eigenvalue weighted by molar-refractivity contribution is 6.05. The molecule has 1 saturated carbocycles. The van der Waals surface area contributed by atoms with E-state index in [1.807, 2.05) is 48.5 Å². The van der Waals surface area contributed by atoms with Crippen LogP contribution in [-0.2, 0) is 11.3 Å². The molecule has 3 aromatic carbocycles. The van der Waals surface area contributed by atoms with E-state index < -0.39 is 0 Å². The Balaban J connectivity index is 0.989. The monoisotopic (exact) mass is 701 g/mol. The van der Waals surface area contributed by atoms with Gasteiger partial charge in [-0.3, -0.25) is 14.5 Å². The van der Waals surface area contributed by atoms with E-state index in [1.54, 1.807) is 25.6 Å². The van der Waals surface area contributed by atoms with Gasteiger partial charge in [0.25, 0.3) is 5.91 Å². The summed E-state index contributed by atoms with van der Waals surface area (Å²) in [6.07, 6.45) is 7.21. The van der Waals surface area contributed by atoms with Crippen molar-refractivity contribution in [1.82, 2.24) is 29.3 Å². The number of rotatable bonds is 10. The molecule has 2 aliphatic rings. The average Bonchev–Trinajstić information content (AvgIpc) is 3.61. The van der Waals surface area contributed by atoms with Gasteiger partial charge in [-0.05, 0) is 108 Å². The van der Waals surface area contributed by atoms with E-state index in [0.29, 0.717) is 39.9 Å². The van der Waals surface area contributed by atoms with Gasteiger partial charge in [-0.15, -0.1) is 0 Å². The fraction of sp³-hybridized carbons (Fsp3) is 0.375. The number of nitrogens with one attached hydrogen (secondary N) is 2. The standard InChI is InChI=1S/C40H47N9O3/c1-47(2)32-18-20-48(21-19-32)24-26-10-14-30(15-11-26)43-40(51)29-7-4-6-28(22-29)37-45-36(41)35-38(46-37)49(25-42-35)33-16-12-27(13-17-33)39(50)44-31-8-5-9-34(23-31)52-3/h4-11,14-15,22-23,25,27,32-33H,12-13,16-21,24H2,1-3H3,(H,43,51)(H,44,50)(H2,41,45,46). The highest BCUT2D eigenvalue weighted by Crippen LogP contribution is 2.35. The zero-order valence-corrected chi connectivity index (χ0v) is 30.1. The van der Waals surface area contributed by atoms with Crippen LogP contribution in [0, 0.1) is 5.92 Å². The quantitative estimate of drug-likeness (QED) is 0.154. The minimum atomic E-state index is -0.216. The topological polar surface area (TPSA) is 144 Å². The van der Waals surface area contributed by atoms with Gasteiger partial charge in [0.15, 0.2) is 17.3 Å². The van der Waals surface area contributed by atoms with Crippen LogP contribution in [0.25, 0.3) is 22.6 Å². The Bertz CT molecular complexity index is 2030. The lowest BCUT2D eigenvalue weighted by atomic mass is 9.85. The zero-order valence-electron chi connectivity index (χ0n) is 30.1. The average molecular weight is 702 g/mol. The Hall–Kier alpha value is -5.33. The summed E-state index contributed by atoms with van der Waals surface area (Å²) < 4.78 is 7.34. The van der Waals surface area contributed by atoms with E-state index >= 15 is 0 Å². The summed E-state index contributed by atoms with van der Waals surface area (Å²) in [7, 11) is 5.93. The number of benzene rings is 3. The molecule has 270 valence electrons. The largest absolute Gasteiger partial charge is 0.497 e. The van der Waals surface area contributed by atoms with Crippen LogP contribution in [0.15, 0.2) is 79.1 Å². The van der Waals surface area contributed by atoms with Gasteiger partial charge >= 0.3 is 0 Å². The number of nitrogens with zero attached hydrogens (tertiary/aromatic N) is 6. The molecule has 1 aliphatic carbocycles. The van der Waals surface area contributed by atoms with Gasteiger partial charge in [0, 0.05) is 53.1 Å². The van der Waals surface area contributed by atoms with Crippen LogP contribution >= 0.6 is 0 Å². The molecule has 3 heterocycles. The predicted molar refractivity (Wildman–Crippen MR) is 204 cm³/mol. The van der Waals surface area contributed by atoms with Crippen LogP contribution in [-0.4, -0.2) is 81.5 Å². The van der Waals surface area contributed by atoms with Crippen molar-refractivity contribution < 1.29 is 14.3 Å². The Labute approximate surface area is 304 Å². The van der Waals surface area contributed by atoms with Crippen molar-refractivity contribution in [2.24, 2.45) is 5.92 Å². The Morgan fingerprint density at radius 3 is 2.37 bits per heavy atom. The number of likely N-dealkylation sites (tertiary alicyclic amines) is 1. The number of nitrogen functional groups attached to an aromatic ring is 1. The number of hydrogen-bond donors (Lipinski definition) is 3. The zero-order chi connectivity index (χ0) is 36.2. The molecule has 2 aromatic heterocycles. The van der Waals surface area contributed by atoms with E-state index in [1.165, 1.54) is 18.4 Å². The van der Waals surface area contributed by atoms with Crippen molar-refractivity contribution >= 4 is 40.2 Å². The first-order valence-corrected chi connectivity index (χ1v) is 18.1. The second-order valence-corrected chi connectivity index (χ2v) is 14.2. The lowest BCUT2D eigenvalue weighted by molar-refractivity contribution is -0.121. The molecule has 0 unspecified atom stereocenters. The van der Waals surface area contributed by atoms with Gasteiger partial charge in [0.1, 0.15) is 11.3 Å². The number of anilines is 3. The fourth-order valence-electron chi connectivity index (χ4n) is 7.44. The number of aromatic nitrogens is 4. The molecule has 1 saturated heterocycles. The molecule has 12 heteroatoms. The third kappa shape index (κ3) is 7.93. The van der Waals surface area contributed by atoms with Gasteiger partial charge in [-0.2, -0.15) is 0 Å². The van der Waals surface area contributed by atoms with Crippen LogP contribution < -0.4 is 21.1 Å². The van der Waals surface area contributed by atoms with Gasteiger partial charge in [0.05, 0.1) is 13.4 Å². The van der Waals surface area contributed by atoms with Crippen molar-refractivity contribution in [3.8, 4) is 17.1 Å². The maximum atomic E-state index is 13.4. The van der Waals surface area contributed by atoms with E-state index in [-0.39, 0.29) is 29.6 Å². The minimum absolute atomic E-state index is 0.0170. The predicted octanol–water partition coefficient (Wildman–Crippen LogP) is 6.23. The van der Waals surface area contributed by atoms with Gasteiger partial charge in [-0.1, -0.05) is 30.3 Å². The third-order valence-electron chi connectivity index (χ3n) is 10.5. The molecule has 0 spiro atoms. The van der Waals surface area contributed by atoms with Crippen LogP contribution in [0.4, 0.5) is 17.2 Å². The highest BCUT2D eigenvalue weighted by Gasteiger charge is 2.29. The normalized spacial score (nSPS) is 18.4. The summed E-state index contributed by atoms with van der Waals surface area (Å²) in [5.41, 5.74) is 11.5. The third-order valence-corrected chi connectivity index (χ3v) is 10.5. The van der Waals surface area contributed by atoms with Gasteiger partial charge in [-0.25, -0.2) is 15.0 Å². The Morgan fingerprint density at radius 1 is 0.885 bits per heavy atom. The summed E-state index contributed by atoms with van der Waals surface area (Å²) in [6.45, 7) is 3.10. The first kappa shape index (κ1) is 35.1. The van der Waals surface area contributed by atoms with Crippen LogP contribution in [0.5, 0.6) is 5.75 Å². The van der Waals surface area contributed by atoms with Crippen molar-refractivity contribution in [3.63, 3.8) is 0 Å². The van der Waals surface area contributed by atoms with Crippen molar-refractivity contribution in [2.45, 2.75) is 57.2 Å². The van der Waals surface area contributed by atoms with E-state index in [2.05, 4.69) is 61.2 Å². The van der Waals surface area contributed by atoms with Crippen LogP contribution in [0.1, 0.15) is 60.5 Å². The molecule has 0 atom stereocenters. The molecule has 5 aromatic rings. The number of piperidine rings is 1. The maximum absolute atomic E-state index is 13.4. The summed E-state index contributed by atoms with van der Waals surface area (Å²) in [5.74, 6) is 1.12. The van der Waals surface area contributed by atoms with Crippen LogP contribution in [0.3, 0.4) is 0 Å².